The van der Waals surface area contributed by atoms with E-state index in [2.05, 4.69) is 134 Å². The summed E-state index contributed by atoms with van der Waals surface area (Å²) < 4.78 is 12.6. The van der Waals surface area contributed by atoms with Crippen molar-refractivity contribution in [1.82, 2.24) is 15.0 Å². The maximum Gasteiger partial charge on any atom is 0.164 e. The van der Waals surface area contributed by atoms with Crippen LogP contribution in [0.1, 0.15) is 40.9 Å². The standard InChI is InChI=1S/C50H35N3O2/c1-2-43-39(40-19-8-9-22-44(40)54-43)20-12-24-47-51-49(38-18-10-17-35(30-38)36-26-25-33-15-6-7-16-34(33)29-36)53-50(52-47)42-21-11-23-45-48(42)41-28-27-37(31-46(41)55-45)32-13-4-3-5-14-32/h2-16,18-23,25-31,35H,1,17,24H2/b20-12-. The van der Waals surface area contributed by atoms with E-state index in [9.17, 15) is 0 Å². The molecule has 9 aromatic rings. The minimum absolute atomic E-state index is 0.194. The summed E-state index contributed by atoms with van der Waals surface area (Å²) in [6, 6.07) is 46.2. The molecule has 1 aliphatic carbocycles. The first-order chi connectivity index (χ1) is 27.2. The number of hydrogen-bond donors (Lipinski definition) is 0. The Balaban J connectivity index is 1.09. The largest absolute Gasteiger partial charge is 0.456 e. The van der Waals surface area contributed by atoms with Gasteiger partial charge in [0, 0.05) is 45.2 Å². The third kappa shape index (κ3) is 6.06. The Labute approximate surface area is 318 Å². The number of furan rings is 2. The first-order valence-corrected chi connectivity index (χ1v) is 18.6. The zero-order valence-corrected chi connectivity index (χ0v) is 30.0. The van der Waals surface area contributed by atoms with Gasteiger partial charge in [-0.25, -0.2) is 15.0 Å². The van der Waals surface area contributed by atoms with Crippen molar-refractivity contribution in [3.05, 3.63) is 193 Å². The normalized spacial score (nSPS) is 14.4. The molecule has 0 saturated carbocycles. The van der Waals surface area contributed by atoms with Crippen molar-refractivity contribution in [2.24, 2.45) is 0 Å². The molecule has 1 aliphatic rings. The molecule has 0 radical (unpaired) electrons. The molecule has 3 aromatic heterocycles. The topological polar surface area (TPSA) is 65.0 Å². The summed E-state index contributed by atoms with van der Waals surface area (Å²) in [6.07, 6.45) is 14.0. The smallest absolute Gasteiger partial charge is 0.164 e. The van der Waals surface area contributed by atoms with E-state index in [4.69, 9.17) is 23.8 Å². The molecule has 262 valence electrons. The lowest BCUT2D eigenvalue weighted by Crippen LogP contribution is -2.07. The quantitative estimate of drug-likeness (QED) is 0.157. The van der Waals surface area contributed by atoms with Gasteiger partial charge in [-0.1, -0.05) is 146 Å². The van der Waals surface area contributed by atoms with E-state index in [-0.39, 0.29) is 5.92 Å². The van der Waals surface area contributed by atoms with Crippen LogP contribution in [0.4, 0.5) is 0 Å². The second-order valence-corrected chi connectivity index (χ2v) is 13.9. The molecule has 0 N–H and O–H groups in total. The lowest BCUT2D eigenvalue weighted by molar-refractivity contribution is 0.603. The lowest BCUT2D eigenvalue weighted by Gasteiger charge is -2.18. The van der Waals surface area contributed by atoms with Crippen molar-refractivity contribution in [2.45, 2.75) is 18.8 Å². The summed E-state index contributed by atoms with van der Waals surface area (Å²) in [4.78, 5) is 15.4. The average molecular weight is 710 g/mol. The van der Waals surface area contributed by atoms with E-state index in [1.807, 2.05) is 36.4 Å². The van der Waals surface area contributed by atoms with Crippen LogP contribution in [0.15, 0.2) is 173 Å². The van der Waals surface area contributed by atoms with Gasteiger partial charge in [-0.05, 0) is 64.2 Å². The van der Waals surface area contributed by atoms with Gasteiger partial charge in [0.05, 0.1) is 0 Å². The van der Waals surface area contributed by atoms with E-state index in [0.717, 1.165) is 72.9 Å². The maximum atomic E-state index is 6.49. The van der Waals surface area contributed by atoms with Gasteiger partial charge in [0.15, 0.2) is 11.6 Å². The Morgan fingerprint density at radius 2 is 1.47 bits per heavy atom. The van der Waals surface area contributed by atoms with Gasteiger partial charge in [0.1, 0.15) is 28.3 Å². The molecule has 0 bridgehead atoms. The van der Waals surface area contributed by atoms with E-state index in [1.165, 1.54) is 16.3 Å². The molecule has 0 aliphatic heterocycles. The number of aromatic nitrogens is 3. The summed E-state index contributed by atoms with van der Waals surface area (Å²) in [6.45, 7) is 3.99. The van der Waals surface area contributed by atoms with Crippen LogP contribution >= 0.6 is 0 Å². The summed E-state index contributed by atoms with van der Waals surface area (Å²) in [5.41, 5.74) is 8.82. The van der Waals surface area contributed by atoms with Crippen molar-refractivity contribution < 1.29 is 8.83 Å². The Morgan fingerprint density at radius 1 is 0.655 bits per heavy atom. The van der Waals surface area contributed by atoms with Gasteiger partial charge in [-0.3, -0.25) is 0 Å². The van der Waals surface area contributed by atoms with Crippen LogP contribution in [0.3, 0.4) is 0 Å². The van der Waals surface area contributed by atoms with Gasteiger partial charge in [-0.2, -0.15) is 0 Å². The molecule has 55 heavy (non-hydrogen) atoms. The molecule has 5 nitrogen and oxygen atoms in total. The van der Waals surface area contributed by atoms with Gasteiger partial charge in [0.25, 0.3) is 0 Å². The second-order valence-electron chi connectivity index (χ2n) is 13.9. The monoisotopic (exact) mass is 709 g/mol. The van der Waals surface area contributed by atoms with Gasteiger partial charge < -0.3 is 8.83 Å². The minimum Gasteiger partial charge on any atom is -0.456 e. The van der Waals surface area contributed by atoms with Crippen LogP contribution in [0, 0.1) is 0 Å². The lowest BCUT2D eigenvalue weighted by atomic mass is 9.88. The highest BCUT2D eigenvalue weighted by atomic mass is 16.3. The molecular formula is C50H35N3O2. The fourth-order valence-corrected chi connectivity index (χ4v) is 7.77. The fraction of sp³-hybridized carbons (Fsp3) is 0.0600. The van der Waals surface area contributed by atoms with Gasteiger partial charge in [0.2, 0.25) is 0 Å². The van der Waals surface area contributed by atoms with E-state index in [0.29, 0.717) is 23.9 Å². The Bertz CT molecular complexity index is 3020. The number of benzene rings is 6. The average Bonchev–Trinajstić information content (AvgIpc) is 3.81. The number of fused-ring (bicyclic) bond motifs is 5. The summed E-state index contributed by atoms with van der Waals surface area (Å²) in [5.74, 6) is 2.85. The highest BCUT2D eigenvalue weighted by molar-refractivity contribution is 6.12. The molecule has 0 spiro atoms. The molecule has 3 heterocycles. The molecule has 10 rings (SSSR count). The maximum absolute atomic E-state index is 6.49. The van der Waals surface area contributed by atoms with Crippen molar-refractivity contribution in [1.29, 1.82) is 0 Å². The summed E-state index contributed by atoms with van der Waals surface area (Å²) in [5, 5.41) is 5.52. The number of hydrogen-bond acceptors (Lipinski definition) is 5. The SMILES string of the molecule is C=Cc1oc2ccccc2c1/C=C\Cc1nc(C2=CC(c3ccc4ccccc4c3)CC=C2)nc(-c2cccc3oc4cc(-c5ccccc5)ccc4c23)n1. The van der Waals surface area contributed by atoms with Gasteiger partial charge >= 0.3 is 0 Å². The Hall–Kier alpha value is -7.11. The van der Waals surface area contributed by atoms with Gasteiger partial charge in [-0.15, -0.1) is 0 Å². The van der Waals surface area contributed by atoms with E-state index >= 15 is 0 Å². The first kappa shape index (κ1) is 32.5. The molecule has 1 unspecified atom stereocenters. The van der Waals surface area contributed by atoms with Crippen molar-refractivity contribution in [3.63, 3.8) is 0 Å². The summed E-state index contributed by atoms with van der Waals surface area (Å²) in [7, 11) is 0. The van der Waals surface area contributed by atoms with Crippen LogP contribution in [-0.4, -0.2) is 15.0 Å². The number of nitrogens with zero attached hydrogens (tertiary/aromatic N) is 3. The molecular weight excluding hydrogens is 675 g/mol. The van der Waals surface area contributed by atoms with Crippen LogP contribution in [0.25, 0.3) is 83.9 Å². The van der Waals surface area contributed by atoms with Crippen LogP contribution in [-0.2, 0) is 6.42 Å². The van der Waals surface area contributed by atoms with Crippen molar-refractivity contribution in [3.8, 4) is 22.5 Å². The molecule has 0 saturated heterocycles. The highest BCUT2D eigenvalue weighted by Gasteiger charge is 2.20. The van der Waals surface area contributed by atoms with Crippen molar-refractivity contribution >= 4 is 61.4 Å². The van der Waals surface area contributed by atoms with E-state index < -0.39 is 0 Å². The van der Waals surface area contributed by atoms with Crippen molar-refractivity contribution in [2.75, 3.05) is 0 Å². The Morgan fingerprint density at radius 3 is 2.38 bits per heavy atom. The second kappa shape index (κ2) is 13.7. The number of para-hydroxylation sites is 1. The molecule has 1 atom stereocenters. The predicted octanol–water partition coefficient (Wildman–Crippen LogP) is 13.0. The first-order valence-electron chi connectivity index (χ1n) is 18.6. The molecule has 5 heteroatoms. The van der Waals surface area contributed by atoms with Crippen LogP contribution in [0.2, 0.25) is 0 Å². The number of allylic oxidation sites excluding steroid dienone is 5. The number of rotatable bonds is 8. The zero-order chi connectivity index (χ0) is 36.7. The third-order valence-electron chi connectivity index (χ3n) is 10.5. The zero-order valence-electron chi connectivity index (χ0n) is 30.0. The van der Waals surface area contributed by atoms with E-state index in [1.54, 1.807) is 6.08 Å². The third-order valence-corrected chi connectivity index (χ3v) is 10.5. The Kier molecular flexibility index (Phi) is 8.11. The van der Waals surface area contributed by atoms with Crippen LogP contribution in [0.5, 0.6) is 0 Å². The highest BCUT2D eigenvalue weighted by Crippen LogP contribution is 2.38. The molecule has 0 fully saturated rings. The minimum atomic E-state index is 0.194. The predicted molar refractivity (Wildman–Crippen MR) is 225 cm³/mol. The summed E-state index contributed by atoms with van der Waals surface area (Å²) >= 11 is 0. The van der Waals surface area contributed by atoms with Crippen LogP contribution < -0.4 is 0 Å². The molecule has 6 aromatic carbocycles. The molecule has 0 amide bonds. The fourth-order valence-electron chi connectivity index (χ4n) is 7.77.